The Kier molecular flexibility index (Phi) is 139. The van der Waals surface area contributed by atoms with E-state index in [0.717, 1.165) is 0 Å². The summed E-state index contributed by atoms with van der Waals surface area (Å²) in [5.74, 6) is 0. The molecule has 0 spiro atoms. The Morgan fingerprint density at radius 3 is 1.25 bits per heavy atom. The topological polar surface area (TPSA) is 0 Å². The Morgan fingerprint density at radius 2 is 1.25 bits per heavy atom. The predicted octanol–water partition coefficient (Wildman–Crippen LogP) is -0.163. The van der Waals surface area contributed by atoms with E-state index in [2.05, 4.69) is 0 Å². The SMILES string of the molecule is [Co].[Cr].[H-].[H-].[Mg+2].[Ti]. The van der Waals surface area contributed by atoms with Crippen LogP contribution in [0.25, 0.3) is 0 Å². The van der Waals surface area contributed by atoms with Gasteiger partial charge in [0.1, 0.15) is 0 Å². The average Bonchev–Trinajstić information content (AvgIpc) is 0. The molecule has 0 rings (SSSR count). The second kappa shape index (κ2) is 17.8. The number of hydrogen-bond donors (Lipinski definition) is 0. The maximum absolute atomic E-state index is 0. The van der Waals surface area contributed by atoms with Crippen molar-refractivity contribution in [1.29, 1.82) is 0 Å². The van der Waals surface area contributed by atoms with Crippen molar-refractivity contribution in [2.24, 2.45) is 0 Å². The first kappa shape index (κ1) is 31.3. The fourth-order valence-corrected chi connectivity index (χ4v) is 0. The van der Waals surface area contributed by atoms with Crippen LogP contribution in [-0.4, -0.2) is 23.1 Å². The normalized spacial score (nSPS) is 0. The summed E-state index contributed by atoms with van der Waals surface area (Å²) in [6.45, 7) is 0. The van der Waals surface area contributed by atoms with Gasteiger partial charge in [0.2, 0.25) is 0 Å². The number of hydrogen-bond acceptors (Lipinski definition) is 0. The largest absolute Gasteiger partial charge is 2.00 e. The Hall–Kier alpha value is 2.52. The zero-order valence-corrected chi connectivity index (χ0v) is 7.24. The van der Waals surface area contributed by atoms with Crippen LogP contribution in [-0.2, 0) is 55.9 Å². The summed E-state index contributed by atoms with van der Waals surface area (Å²) in [4.78, 5) is 0. The van der Waals surface area contributed by atoms with Gasteiger partial charge in [-0.3, -0.25) is 0 Å². The third-order valence-corrected chi connectivity index (χ3v) is 0. The molecule has 0 aliphatic rings. The Labute approximate surface area is 80.8 Å². The van der Waals surface area contributed by atoms with E-state index in [1.165, 1.54) is 0 Å². The molecule has 4 heavy (non-hydrogen) atoms. The third kappa shape index (κ3) is 8.82. The predicted molar refractivity (Wildman–Crippen MR) is 7.98 cm³/mol. The van der Waals surface area contributed by atoms with Crippen molar-refractivity contribution >= 4 is 23.1 Å². The van der Waals surface area contributed by atoms with E-state index in [1.54, 1.807) is 0 Å². The minimum atomic E-state index is 0. The molecule has 0 fully saturated rings. The molecule has 0 N–H and O–H groups in total. The molecule has 0 amide bonds. The van der Waals surface area contributed by atoms with Crippen LogP contribution in [0.3, 0.4) is 0 Å². The molecule has 1 radical (unpaired) electrons. The van der Waals surface area contributed by atoms with Crippen molar-refractivity contribution in [3.63, 3.8) is 0 Å². The van der Waals surface area contributed by atoms with Crippen LogP contribution in [0, 0.1) is 0 Å². The van der Waals surface area contributed by atoms with Crippen molar-refractivity contribution in [2.75, 3.05) is 0 Å². The first-order valence-corrected chi connectivity index (χ1v) is 0. The van der Waals surface area contributed by atoms with Gasteiger partial charge in [-0.1, -0.05) is 0 Å². The van der Waals surface area contributed by atoms with Crippen LogP contribution in [0.5, 0.6) is 0 Å². The van der Waals surface area contributed by atoms with Crippen LogP contribution < -0.4 is 0 Å². The van der Waals surface area contributed by atoms with Crippen LogP contribution >= 0.6 is 0 Å². The Bertz CT molecular complexity index is 13.5. The zero-order chi connectivity index (χ0) is 0. The van der Waals surface area contributed by atoms with E-state index < -0.39 is 0 Å². The molecule has 0 aromatic carbocycles. The average molecular weight is 185 g/mol. The second-order valence-electron chi connectivity index (χ2n) is 0. The maximum atomic E-state index is 0. The molecule has 0 aliphatic heterocycles. The smallest absolute Gasteiger partial charge is 1.00 e. The van der Waals surface area contributed by atoms with Gasteiger partial charge in [-0.15, -0.1) is 0 Å². The fraction of sp³-hybridized carbons (Fsp3) is 0. The van der Waals surface area contributed by atoms with Gasteiger partial charge in [-0.05, 0) is 0 Å². The minimum absolute atomic E-state index is 0. The van der Waals surface area contributed by atoms with E-state index in [9.17, 15) is 0 Å². The minimum Gasteiger partial charge on any atom is -1.00 e. The summed E-state index contributed by atoms with van der Waals surface area (Å²) in [6.07, 6.45) is 0. The van der Waals surface area contributed by atoms with Gasteiger partial charge in [0.25, 0.3) is 0 Å². The van der Waals surface area contributed by atoms with E-state index in [-0.39, 0.29) is 81.8 Å². The molecule has 0 aromatic heterocycles. The number of rotatable bonds is 0. The molecule has 0 atom stereocenters. The summed E-state index contributed by atoms with van der Waals surface area (Å²) < 4.78 is 0. The third-order valence-electron chi connectivity index (χ3n) is 0. The first-order valence-electron chi connectivity index (χ1n) is 0. The van der Waals surface area contributed by atoms with E-state index in [1.807, 2.05) is 0 Å². The maximum Gasteiger partial charge on any atom is 2.00 e. The Balaban J connectivity index is 0. The van der Waals surface area contributed by atoms with Crippen molar-refractivity contribution in [1.82, 2.24) is 0 Å². The fourth-order valence-electron chi connectivity index (χ4n) is 0. The molecule has 0 nitrogen and oxygen atoms in total. The molecule has 0 aliphatic carbocycles. The van der Waals surface area contributed by atoms with Crippen LogP contribution in [0.4, 0.5) is 0 Å². The van der Waals surface area contributed by atoms with Gasteiger partial charge in [0.05, 0.1) is 0 Å². The summed E-state index contributed by atoms with van der Waals surface area (Å²) >= 11 is 0. The van der Waals surface area contributed by atoms with Gasteiger partial charge in [-0.25, -0.2) is 0 Å². The molecule has 23 valence electrons. The van der Waals surface area contributed by atoms with Gasteiger partial charge in [0.15, 0.2) is 0 Å². The quantitative estimate of drug-likeness (QED) is 0.460. The monoisotopic (exact) mass is 185 g/mol. The van der Waals surface area contributed by atoms with E-state index in [4.69, 9.17) is 0 Å². The van der Waals surface area contributed by atoms with Gasteiger partial charge >= 0.3 is 23.1 Å². The van der Waals surface area contributed by atoms with Crippen molar-refractivity contribution < 1.29 is 58.7 Å². The summed E-state index contributed by atoms with van der Waals surface area (Å²) in [5.41, 5.74) is 0. The van der Waals surface area contributed by atoms with Gasteiger partial charge in [0, 0.05) is 55.9 Å². The Morgan fingerprint density at radius 1 is 1.25 bits per heavy atom. The first-order chi connectivity index (χ1) is 0. The molecule has 4 heteroatoms. The zero-order valence-electron chi connectivity index (χ0n) is 3.95. The molecular formula is H2CoCrMgTi. The second-order valence-corrected chi connectivity index (χ2v) is 0. The molecule has 0 unspecified atom stereocenters. The summed E-state index contributed by atoms with van der Waals surface area (Å²) in [5, 5.41) is 0. The summed E-state index contributed by atoms with van der Waals surface area (Å²) in [7, 11) is 0. The van der Waals surface area contributed by atoms with Crippen molar-refractivity contribution in [3.05, 3.63) is 0 Å². The van der Waals surface area contributed by atoms with Crippen molar-refractivity contribution in [3.8, 4) is 0 Å². The molecular weight excluding hydrogens is 183 g/mol. The van der Waals surface area contributed by atoms with E-state index in [0.29, 0.717) is 0 Å². The molecule has 0 heterocycles. The van der Waals surface area contributed by atoms with Gasteiger partial charge in [-0.2, -0.15) is 0 Å². The van der Waals surface area contributed by atoms with E-state index >= 15 is 0 Å². The molecule has 0 saturated carbocycles. The van der Waals surface area contributed by atoms with Crippen LogP contribution in [0.2, 0.25) is 0 Å². The van der Waals surface area contributed by atoms with Crippen molar-refractivity contribution in [2.45, 2.75) is 0 Å². The van der Waals surface area contributed by atoms with Crippen LogP contribution in [0.1, 0.15) is 2.85 Å². The standard InChI is InChI=1S/Co.Cr.Mg.Ti.2H/q;;+2;;2*-1. The molecule has 0 bridgehead atoms. The van der Waals surface area contributed by atoms with Crippen LogP contribution in [0.15, 0.2) is 0 Å². The summed E-state index contributed by atoms with van der Waals surface area (Å²) in [6, 6.07) is 0. The van der Waals surface area contributed by atoms with Gasteiger partial charge < -0.3 is 2.85 Å². The molecule has 0 aromatic rings. The molecule has 0 saturated heterocycles.